The average molecular weight is 266 g/mol. The minimum atomic E-state index is 0.378. The van der Waals surface area contributed by atoms with Crippen LogP contribution in [0.1, 0.15) is 33.6 Å². The average Bonchev–Trinajstić information content (AvgIpc) is 2.38. The molecule has 0 aliphatic carbocycles. The topological polar surface area (TPSA) is 56.5 Å². The van der Waals surface area contributed by atoms with Crippen LogP contribution >= 0.6 is 0 Å². The van der Waals surface area contributed by atoms with Gasteiger partial charge in [0.2, 0.25) is 0 Å². The Labute approximate surface area is 116 Å². The van der Waals surface area contributed by atoms with Crippen LogP contribution in [0.4, 0.5) is 11.4 Å². The molecule has 1 unspecified atom stereocenters. The van der Waals surface area contributed by atoms with Gasteiger partial charge in [0, 0.05) is 18.2 Å². The molecule has 0 fully saturated rings. The van der Waals surface area contributed by atoms with Crippen molar-refractivity contribution in [1.82, 2.24) is 0 Å². The first-order valence-corrected chi connectivity index (χ1v) is 6.76. The first kappa shape index (κ1) is 15.5. The summed E-state index contributed by atoms with van der Waals surface area (Å²) in [5.41, 5.74) is 7.60. The molecular formula is C15H26N2O2. The summed E-state index contributed by atoms with van der Waals surface area (Å²) >= 11 is 0. The monoisotopic (exact) mass is 266 g/mol. The summed E-state index contributed by atoms with van der Waals surface area (Å²) in [7, 11) is 3.23. The van der Waals surface area contributed by atoms with E-state index in [0.29, 0.717) is 29.1 Å². The van der Waals surface area contributed by atoms with Crippen LogP contribution in [-0.2, 0) is 0 Å². The van der Waals surface area contributed by atoms with Gasteiger partial charge in [-0.15, -0.1) is 0 Å². The summed E-state index contributed by atoms with van der Waals surface area (Å²) in [4.78, 5) is 0. The maximum atomic E-state index is 6.03. The fourth-order valence-corrected chi connectivity index (χ4v) is 1.94. The van der Waals surface area contributed by atoms with Gasteiger partial charge in [-0.3, -0.25) is 0 Å². The van der Waals surface area contributed by atoms with E-state index in [0.717, 1.165) is 12.1 Å². The van der Waals surface area contributed by atoms with Crippen LogP contribution in [-0.4, -0.2) is 20.3 Å². The molecule has 0 saturated carbocycles. The summed E-state index contributed by atoms with van der Waals surface area (Å²) < 4.78 is 10.5. The summed E-state index contributed by atoms with van der Waals surface area (Å²) in [6.45, 7) is 6.63. The maximum absolute atomic E-state index is 6.03. The molecule has 19 heavy (non-hydrogen) atoms. The number of nitrogens with one attached hydrogen (secondary N) is 1. The predicted molar refractivity (Wildman–Crippen MR) is 81.1 cm³/mol. The minimum Gasteiger partial charge on any atom is -0.493 e. The zero-order valence-corrected chi connectivity index (χ0v) is 12.6. The van der Waals surface area contributed by atoms with Crippen molar-refractivity contribution in [2.45, 2.75) is 39.7 Å². The van der Waals surface area contributed by atoms with Crippen molar-refractivity contribution in [3.8, 4) is 11.5 Å². The molecule has 0 amide bonds. The zero-order valence-electron chi connectivity index (χ0n) is 12.6. The number of methoxy groups -OCH3 is 2. The summed E-state index contributed by atoms with van der Waals surface area (Å²) in [6, 6.07) is 4.05. The van der Waals surface area contributed by atoms with E-state index in [1.807, 2.05) is 6.07 Å². The van der Waals surface area contributed by atoms with Crippen molar-refractivity contribution in [3.63, 3.8) is 0 Å². The molecule has 1 aromatic carbocycles. The van der Waals surface area contributed by atoms with Gasteiger partial charge < -0.3 is 20.5 Å². The molecule has 1 atom stereocenters. The molecule has 0 radical (unpaired) electrons. The van der Waals surface area contributed by atoms with Crippen molar-refractivity contribution in [2.24, 2.45) is 5.92 Å². The molecule has 0 aliphatic heterocycles. The summed E-state index contributed by atoms with van der Waals surface area (Å²) in [5, 5.41) is 3.43. The van der Waals surface area contributed by atoms with Gasteiger partial charge in [-0.2, -0.15) is 0 Å². The van der Waals surface area contributed by atoms with Gasteiger partial charge in [0.05, 0.1) is 25.6 Å². The highest BCUT2D eigenvalue weighted by atomic mass is 16.5. The number of nitrogens with two attached hydrogens (primary N) is 1. The van der Waals surface area contributed by atoms with E-state index in [1.54, 1.807) is 20.3 Å². The number of hydrogen-bond acceptors (Lipinski definition) is 4. The highest BCUT2D eigenvalue weighted by Gasteiger charge is 2.11. The van der Waals surface area contributed by atoms with Crippen molar-refractivity contribution in [3.05, 3.63) is 12.1 Å². The first-order chi connectivity index (χ1) is 8.97. The van der Waals surface area contributed by atoms with E-state index >= 15 is 0 Å². The molecule has 4 nitrogen and oxygen atoms in total. The summed E-state index contributed by atoms with van der Waals surface area (Å²) in [5.74, 6) is 2.06. The van der Waals surface area contributed by atoms with Crippen LogP contribution in [0.3, 0.4) is 0 Å². The quantitative estimate of drug-likeness (QED) is 0.741. The smallest absolute Gasteiger partial charge is 0.162 e. The highest BCUT2D eigenvalue weighted by molar-refractivity contribution is 5.72. The molecule has 0 bridgehead atoms. The zero-order chi connectivity index (χ0) is 14.4. The number of rotatable bonds is 7. The number of benzene rings is 1. The Balaban J connectivity index is 2.77. The Hall–Kier alpha value is -1.58. The number of nitrogen functional groups attached to an aromatic ring is 1. The molecule has 0 spiro atoms. The van der Waals surface area contributed by atoms with Crippen molar-refractivity contribution >= 4 is 11.4 Å². The fraction of sp³-hybridized carbons (Fsp3) is 0.600. The SMILES string of the molecule is COc1cc(N)c(NC(C)CCC(C)C)cc1OC. The third-order valence-electron chi connectivity index (χ3n) is 3.13. The highest BCUT2D eigenvalue weighted by Crippen LogP contribution is 2.35. The van der Waals surface area contributed by atoms with E-state index < -0.39 is 0 Å². The molecule has 0 aliphatic rings. The van der Waals surface area contributed by atoms with E-state index in [1.165, 1.54) is 6.42 Å². The van der Waals surface area contributed by atoms with Gasteiger partial charge in [0.25, 0.3) is 0 Å². The van der Waals surface area contributed by atoms with Crippen LogP contribution < -0.4 is 20.5 Å². The molecule has 0 heterocycles. The molecule has 4 heteroatoms. The number of anilines is 2. The Bertz CT molecular complexity index is 405. The molecule has 1 rings (SSSR count). The lowest BCUT2D eigenvalue weighted by Gasteiger charge is -2.19. The minimum absolute atomic E-state index is 0.378. The van der Waals surface area contributed by atoms with E-state index in [9.17, 15) is 0 Å². The van der Waals surface area contributed by atoms with Crippen LogP contribution in [0.2, 0.25) is 0 Å². The molecule has 108 valence electrons. The van der Waals surface area contributed by atoms with Crippen molar-refractivity contribution < 1.29 is 9.47 Å². The van der Waals surface area contributed by atoms with Crippen LogP contribution in [0.25, 0.3) is 0 Å². The van der Waals surface area contributed by atoms with Crippen LogP contribution in [0, 0.1) is 5.92 Å². The van der Waals surface area contributed by atoms with E-state index in [-0.39, 0.29) is 0 Å². The fourth-order valence-electron chi connectivity index (χ4n) is 1.94. The number of hydrogen-bond donors (Lipinski definition) is 2. The second kappa shape index (κ2) is 7.12. The molecule has 1 aromatic rings. The molecule has 0 aromatic heterocycles. The van der Waals surface area contributed by atoms with Crippen LogP contribution in [0.5, 0.6) is 11.5 Å². The van der Waals surface area contributed by atoms with Gasteiger partial charge >= 0.3 is 0 Å². The number of ether oxygens (including phenoxy) is 2. The Morgan fingerprint density at radius 2 is 1.63 bits per heavy atom. The molecular weight excluding hydrogens is 240 g/mol. The lowest BCUT2D eigenvalue weighted by Crippen LogP contribution is -2.17. The normalized spacial score (nSPS) is 12.3. The summed E-state index contributed by atoms with van der Waals surface area (Å²) in [6.07, 6.45) is 2.31. The van der Waals surface area contributed by atoms with E-state index in [2.05, 4.69) is 26.1 Å². The Morgan fingerprint density at radius 1 is 1.05 bits per heavy atom. The maximum Gasteiger partial charge on any atom is 0.162 e. The van der Waals surface area contributed by atoms with Gasteiger partial charge in [-0.1, -0.05) is 13.8 Å². The Kier molecular flexibility index (Phi) is 5.80. The second-order valence-electron chi connectivity index (χ2n) is 5.31. The largest absolute Gasteiger partial charge is 0.493 e. The third kappa shape index (κ3) is 4.54. The molecule has 0 saturated heterocycles. The first-order valence-electron chi connectivity index (χ1n) is 6.76. The van der Waals surface area contributed by atoms with Gasteiger partial charge in [-0.05, 0) is 25.7 Å². The second-order valence-corrected chi connectivity index (χ2v) is 5.31. The Morgan fingerprint density at radius 3 is 2.16 bits per heavy atom. The van der Waals surface area contributed by atoms with Gasteiger partial charge in [0.1, 0.15) is 0 Å². The van der Waals surface area contributed by atoms with E-state index in [4.69, 9.17) is 15.2 Å². The van der Waals surface area contributed by atoms with Crippen LogP contribution in [0.15, 0.2) is 12.1 Å². The van der Waals surface area contributed by atoms with Crippen molar-refractivity contribution in [1.29, 1.82) is 0 Å². The van der Waals surface area contributed by atoms with Gasteiger partial charge in [0.15, 0.2) is 11.5 Å². The lowest BCUT2D eigenvalue weighted by molar-refractivity contribution is 0.355. The molecule has 3 N–H and O–H groups in total. The van der Waals surface area contributed by atoms with Gasteiger partial charge in [-0.25, -0.2) is 0 Å². The third-order valence-corrected chi connectivity index (χ3v) is 3.13. The predicted octanol–water partition coefficient (Wildman–Crippen LogP) is 3.52. The van der Waals surface area contributed by atoms with Crippen molar-refractivity contribution in [2.75, 3.05) is 25.3 Å². The lowest BCUT2D eigenvalue weighted by atomic mass is 10.0. The standard InChI is InChI=1S/C15H26N2O2/c1-10(2)6-7-11(3)17-13-9-15(19-5)14(18-4)8-12(13)16/h8-11,17H,6-7,16H2,1-5H3.